The molecule has 0 N–H and O–H groups in total. The second-order valence-corrected chi connectivity index (χ2v) is 14.4. The molecule has 0 aromatic heterocycles. The Kier molecular flexibility index (Phi) is 6.15. The van der Waals surface area contributed by atoms with Gasteiger partial charge in [-0.2, -0.15) is 0 Å². The van der Waals surface area contributed by atoms with Crippen molar-refractivity contribution in [2.45, 2.75) is 32.1 Å². The van der Waals surface area contributed by atoms with Crippen LogP contribution in [0.5, 0.6) is 0 Å². The van der Waals surface area contributed by atoms with Gasteiger partial charge in [0.2, 0.25) is 0 Å². The van der Waals surface area contributed by atoms with Gasteiger partial charge in [0, 0.05) is 5.41 Å². The molecule has 0 radical (unpaired) electrons. The highest BCUT2D eigenvalue weighted by Gasteiger charge is 2.36. The largest absolute Gasteiger partial charge is 0.0616 e. The van der Waals surface area contributed by atoms with Crippen molar-refractivity contribution in [1.29, 1.82) is 0 Å². The van der Waals surface area contributed by atoms with E-state index in [1.54, 1.807) is 0 Å². The summed E-state index contributed by atoms with van der Waals surface area (Å²) in [4.78, 5) is 0. The molecule has 0 amide bonds. The fourth-order valence-corrected chi connectivity index (χ4v) is 8.86. The van der Waals surface area contributed by atoms with Crippen molar-refractivity contribution in [2.24, 2.45) is 0 Å². The zero-order chi connectivity index (χ0) is 32.7. The van der Waals surface area contributed by atoms with Crippen molar-refractivity contribution in [3.63, 3.8) is 0 Å². The molecular formula is C49H36. The molecule has 0 heterocycles. The van der Waals surface area contributed by atoms with Crippen molar-refractivity contribution >= 4 is 44.0 Å². The van der Waals surface area contributed by atoms with Crippen LogP contribution < -0.4 is 0 Å². The summed E-state index contributed by atoms with van der Waals surface area (Å²) in [5, 5.41) is 8.01. The van der Waals surface area contributed by atoms with E-state index in [0.717, 1.165) is 12.8 Å². The maximum absolute atomic E-state index is 2.49. The summed E-state index contributed by atoms with van der Waals surface area (Å²) in [6, 6.07) is 56.7. The summed E-state index contributed by atoms with van der Waals surface area (Å²) in [5.41, 5.74) is 16.2. The first-order valence-electron chi connectivity index (χ1n) is 17.6. The molecule has 0 bridgehead atoms. The maximum atomic E-state index is 2.49. The average Bonchev–Trinajstić information content (AvgIpc) is 3.39. The van der Waals surface area contributed by atoms with Gasteiger partial charge in [-0.3, -0.25) is 0 Å². The van der Waals surface area contributed by atoms with Gasteiger partial charge in [-0.15, -0.1) is 0 Å². The van der Waals surface area contributed by atoms with Gasteiger partial charge in [0.25, 0.3) is 0 Å². The molecule has 2 aliphatic carbocycles. The van der Waals surface area contributed by atoms with Gasteiger partial charge in [-0.1, -0.05) is 153 Å². The standard InChI is InChI=1S/C49H36/c1-49(2)47-29-34(33-20-19-31-11-3-4-12-32(31)27-33)21-25-44(47)45-26-23-36(30-48(45)49)38-14-6-5-13-37(38)35-22-24-43-41-17-8-7-15-39(41)40-16-9-10-18-42(40)46(43)28-35/h3-21,23,25-30H,22,24H2,1-2H3. The van der Waals surface area contributed by atoms with Crippen LogP contribution in [0, 0.1) is 0 Å². The fourth-order valence-electron chi connectivity index (χ4n) is 8.86. The molecule has 10 rings (SSSR count). The van der Waals surface area contributed by atoms with Crippen LogP contribution in [-0.4, -0.2) is 0 Å². The van der Waals surface area contributed by atoms with Crippen LogP contribution in [-0.2, 0) is 11.8 Å². The molecule has 8 aromatic carbocycles. The highest BCUT2D eigenvalue weighted by Crippen LogP contribution is 2.51. The van der Waals surface area contributed by atoms with E-state index in [0.29, 0.717) is 0 Å². The van der Waals surface area contributed by atoms with Crippen molar-refractivity contribution in [1.82, 2.24) is 0 Å². The van der Waals surface area contributed by atoms with Crippen LogP contribution in [0.15, 0.2) is 152 Å². The van der Waals surface area contributed by atoms with Gasteiger partial charge in [-0.25, -0.2) is 0 Å². The second kappa shape index (κ2) is 10.6. The van der Waals surface area contributed by atoms with E-state index in [4.69, 9.17) is 0 Å². The van der Waals surface area contributed by atoms with Crippen LogP contribution >= 0.6 is 0 Å². The van der Waals surface area contributed by atoms with Gasteiger partial charge in [0.05, 0.1) is 0 Å². The number of fused-ring (bicyclic) bond motifs is 10. The van der Waals surface area contributed by atoms with Crippen molar-refractivity contribution in [3.05, 3.63) is 179 Å². The highest BCUT2D eigenvalue weighted by atomic mass is 14.4. The maximum Gasteiger partial charge on any atom is 0.0159 e. The summed E-state index contributed by atoms with van der Waals surface area (Å²) in [6.07, 6.45) is 4.58. The monoisotopic (exact) mass is 624 g/mol. The zero-order valence-electron chi connectivity index (χ0n) is 27.9. The minimum Gasteiger partial charge on any atom is -0.0616 e. The summed E-state index contributed by atoms with van der Waals surface area (Å²) in [7, 11) is 0. The van der Waals surface area contributed by atoms with Gasteiger partial charge >= 0.3 is 0 Å². The van der Waals surface area contributed by atoms with Crippen LogP contribution in [0.2, 0.25) is 0 Å². The van der Waals surface area contributed by atoms with Crippen molar-refractivity contribution < 1.29 is 0 Å². The molecule has 8 aromatic rings. The fraction of sp³-hybridized carbons (Fsp3) is 0.102. The Morgan fingerprint density at radius 2 is 0.959 bits per heavy atom. The van der Waals surface area contributed by atoms with E-state index >= 15 is 0 Å². The molecular weight excluding hydrogens is 589 g/mol. The number of hydrogen-bond acceptors (Lipinski definition) is 0. The predicted octanol–water partition coefficient (Wildman–Crippen LogP) is 13.3. The third-order valence-electron chi connectivity index (χ3n) is 11.4. The Morgan fingerprint density at radius 3 is 1.73 bits per heavy atom. The Bertz CT molecular complexity index is 2680. The van der Waals surface area contributed by atoms with Gasteiger partial charge in [-0.05, 0) is 130 Å². The van der Waals surface area contributed by atoms with E-state index in [1.807, 2.05) is 0 Å². The lowest BCUT2D eigenvalue weighted by atomic mass is 9.79. The molecule has 49 heavy (non-hydrogen) atoms. The van der Waals surface area contributed by atoms with Crippen molar-refractivity contribution in [3.8, 4) is 33.4 Å². The van der Waals surface area contributed by atoms with E-state index in [9.17, 15) is 0 Å². The first-order chi connectivity index (χ1) is 24.0. The van der Waals surface area contributed by atoms with Crippen LogP contribution in [0.1, 0.15) is 48.1 Å². The minimum atomic E-state index is -0.106. The van der Waals surface area contributed by atoms with Gasteiger partial charge in [0.1, 0.15) is 0 Å². The molecule has 232 valence electrons. The smallest absolute Gasteiger partial charge is 0.0159 e. The number of aryl methyl sites for hydroxylation is 1. The third-order valence-corrected chi connectivity index (χ3v) is 11.4. The Hall–Kier alpha value is -5.72. The SMILES string of the molecule is CC1(C)c2cc(-c3ccc4ccccc4c3)ccc2-c2ccc(-c3ccccc3C3=Cc4c(c5ccccc5c5ccccc45)CC3)cc21. The van der Waals surface area contributed by atoms with Gasteiger partial charge in [0.15, 0.2) is 0 Å². The van der Waals surface area contributed by atoms with Crippen LogP contribution in [0.4, 0.5) is 0 Å². The molecule has 0 fully saturated rings. The van der Waals surface area contributed by atoms with E-state index in [-0.39, 0.29) is 5.41 Å². The van der Waals surface area contributed by atoms with Crippen LogP contribution in [0.3, 0.4) is 0 Å². The number of rotatable bonds is 3. The molecule has 0 saturated heterocycles. The zero-order valence-corrected chi connectivity index (χ0v) is 27.9. The van der Waals surface area contributed by atoms with Gasteiger partial charge < -0.3 is 0 Å². The molecule has 0 heteroatoms. The first-order valence-corrected chi connectivity index (χ1v) is 17.6. The summed E-state index contributed by atoms with van der Waals surface area (Å²) < 4.78 is 0. The number of hydrogen-bond donors (Lipinski definition) is 0. The lowest BCUT2D eigenvalue weighted by molar-refractivity contribution is 0.661. The Morgan fingerprint density at radius 1 is 0.408 bits per heavy atom. The first kappa shape index (κ1) is 28.3. The molecule has 0 aliphatic heterocycles. The Labute approximate surface area is 288 Å². The van der Waals surface area contributed by atoms with Crippen LogP contribution in [0.25, 0.3) is 77.3 Å². The highest BCUT2D eigenvalue weighted by molar-refractivity contribution is 6.14. The minimum absolute atomic E-state index is 0.106. The summed E-state index contributed by atoms with van der Waals surface area (Å²) in [5.74, 6) is 0. The molecule has 0 unspecified atom stereocenters. The molecule has 2 aliphatic rings. The van der Waals surface area contributed by atoms with E-state index < -0.39 is 0 Å². The average molecular weight is 625 g/mol. The lowest BCUT2D eigenvalue weighted by Crippen LogP contribution is -2.15. The number of benzene rings is 8. The van der Waals surface area contributed by atoms with E-state index in [2.05, 4.69) is 172 Å². The second-order valence-electron chi connectivity index (χ2n) is 14.4. The Balaban J connectivity index is 1.07. The topological polar surface area (TPSA) is 0 Å². The quantitative estimate of drug-likeness (QED) is 0.172. The van der Waals surface area contributed by atoms with Crippen molar-refractivity contribution in [2.75, 3.05) is 0 Å². The summed E-state index contributed by atoms with van der Waals surface area (Å²) >= 11 is 0. The predicted molar refractivity (Wildman–Crippen MR) is 210 cm³/mol. The van der Waals surface area contributed by atoms with E-state index in [1.165, 1.54) is 99.1 Å². The molecule has 0 spiro atoms. The number of allylic oxidation sites excluding steroid dienone is 1. The summed E-state index contributed by atoms with van der Waals surface area (Å²) in [6.45, 7) is 4.79. The normalized spacial score (nSPS) is 14.4. The molecule has 0 nitrogen and oxygen atoms in total. The third kappa shape index (κ3) is 4.30. The molecule has 0 saturated carbocycles. The lowest BCUT2D eigenvalue weighted by Gasteiger charge is -2.24. The molecule has 0 atom stereocenters.